The third-order valence-corrected chi connectivity index (χ3v) is 4.05. The van der Waals surface area contributed by atoms with Gasteiger partial charge < -0.3 is 10.4 Å². The van der Waals surface area contributed by atoms with E-state index in [0.29, 0.717) is 10.9 Å². The highest BCUT2D eigenvalue weighted by Crippen LogP contribution is 2.26. The Bertz CT molecular complexity index is 934. The number of carboxylic acids is 1. The highest BCUT2D eigenvalue weighted by atomic mass is 16.4. The van der Waals surface area contributed by atoms with Crippen LogP contribution in [-0.4, -0.2) is 37.9 Å². The zero-order chi connectivity index (χ0) is 18.0. The molecule has 2 N–H and O–H groups in total. The van der Waals surface area contributed by atoms with Crippen LogP contribution in [0.4, 0.5) is 4.79 Å². The number of benzene rings is 1. The summed E-state index contributed by atoms with van der Waals surface area (Å²) in [7, 11) is 0. The number of rotatable bonds is 4. The fraction of sp³-hybridized carbons (Fsp3) is 0.222. The summed E-state index contributed by atoms with van der Waals surface area (Å²) < 4.78 is 1.11. The lowest BCUT2D eigenvalue weighted by molar-refractivity contribution is 0.0692. The van der Waals surface area contributed by atoms with Crippen LogP contribution in [0.15, 0.2) is 42.7 Å². The van der Waals surface area contributed by atoms with Crippen molar-refractivity contribution in [3.63, 3.8) is 0 Å². The molecule has 1 aromatic carbocycles. The number of nitrogens with zero attached hydrogens (tertiary/aromatic N) is 3. The zero-order valence-electron chi connectivity index (χ0n) is 13.9. The van der Waals surface area contributed by atoms with Gasteiger partial charge in [-0.2, -0.15) is 9.78 Å². The number of pyridine rings is 1. The van der Waals surface area contributed by atoms with E-state index in [1.807, 2.05) is 26.0 Å². The van der Waals surface area contributed by atoms with Gasteiger partial charge in [-0.05, 0) is 37.1 Å². The average Bonchev–Trinajstić information content (AvgIpc) is 3.01. The lowest BCUT2D eigenvalue weighted by atomic mass is 10.0. The second-order valence-electron chi connectivity index (χ2n) is 5.80. The number of carboxylic acid groups (broad SMARTS) is 1. The van der Waals surface area contributed by atoms with Crippen LogP contribution in [-0.2, 0) is 0 Å². The number of fused-ring (bicyclic) bond motifs is 1. The first kappa shape index (κ1) is 16.6. The topological polar surface area (TPSA) is 97.1 Å². The van der Waals surface area contributed by atoms with E-state index in [1.165, 1.54) is 0 Å². The predicted molar refractivity (Wildman–Crippen MR) is 93.6 cm³/mol. The van der Waals surface area contributed by atoms with Crippen molar-refractivity contribution in [1.29, 1.82) is 0 Å². The van der Waals surface area contributed by atoms with E-state index in [9.17, 15) is 14.7 Å². The molecule has 0 radical (unpaired) electrons. The fourth-order valence-corrected chi connectivity index (χ4v) is 2.52. The van der Waals surface area contributed by atoms with Crippen LogP contribution >= 0.6 is 0 Å². The maximum absolute atomic E-state index is 12.4. The molecule has 2 heterocycles. The fourth-order valence-electron chi connectivity index (χ4n) is 2.52. The van der Waals surface area contributed by atoms with Crippen LogP contribution in [0.1, 0.15) is 30.8 Å². The minimum atomic E-state index is -1.18. The minimum absolute atomic E-state index is 0.0327. The molecule has 25 heavy (non-hydrogen) atoms. The Balaban J connectivity index is 2.12. The highest BCUT2D eigenvalue weighted by molar-refractivity contribution is 6.05. The Morgan fingerprint density at radius 1 is 1.28 bits per heavy atom. The molecule has 0 aliphatic heterocycles. The van der Waals surface area contributed by atoms with Gasteiger partial charge in [-0.3, -0.25) is 4.98 Å². The monoisotopic (exact) mass is 338 g/mol. The molecular weight excluding hydrogens is 320 g/mol. The van der Waals surface area contributed by atoms with Gasteiger partial charge in [-0.15, -0.1) is 0 Å². The molecule has 3 aromatic rings. The lowest BCUT2D eigenvalue weighted by Gasteiger charge is -2.11. The molecule has 0 spiro atoms. The Hall–Kier alpha value is -3.22. The lowest BCUT2D eigenvalue weighted by Crippen LogP contribution is -2.36. The van der Waals surface area contributed by atoms with E-state index in [4.69, 9.17) is 0 Å². The van der Waals surface area contributed by atoms with Gasteiger partial charge in [-0.1, -0.05) is 19.1 Å². The predicted octanol–water partition coefficient (Wildman–Crippen LogP) is 3.15. The summed E-state index contributed by atoms with van der Waals surface area (Å²) in [4.78, 5) is 28.0. The first-order chi connectivity index (χ1) is 12.0. The maximum atomic E-state index is 12.4. The van der Waals surface area contributed by atoms with Gasteiger partial charge in [-0.25, -0.2) is 9.59 Å². The van der Waals surface area contributed by atoms with E-state index < -0.39 is 12.0 Å². The van der Waals surface area contributed by atoms with Crippen LogP contribution < -0.4 is 5.32 Å². The number of hydrogen-bond acceptors (Lipinski definition) is 4. The molecule has 3 rings (SSSR count). The largest absolute Gasteiger partial charge is 0.476 e. The third kappa shape index (κ3) is 3.21. The summed E-state index contributed by atoms with van der Waals surface area (Å²) in [5.41, 5.74) is 1.97. The van der Waals surface area contributed by atoms with Crippen LogP contribution in [0.2, 0.25) is 0 Å². The second kappa shape index (κ2) is 6.72. The van der Waals surface area contributed by atoms with Crippen molar-refractivity contribution >= 4 is 22.9 Å². The normalized spacial score (nSPS) is 12.1. The van der Waals surface area contributed by atoms with Gasteiger partial charge in [0.15, 0.2) is 5.69 Å². The Morgan fingerprint density at radius 3 is 2.72 bits per heavy atom. The summed E-state index contributed by atoms with van der Waals surface area (Å²) in [6.45, 7) is 3.83. The molecular formula is C18H18N4O3. The van der Waals surface area contributed by atoms with Crippen molar-refractivity contribution in [3.05, 3.63) is 48.4 Å². The van der Waals surface area contributed by atoms with Gasteiger partial charge >= 0.3 is 12.0 Å². The van der Waals surface area contributed by atoms with Crippen molar-refractivity contribution in [1.82, 2.24) is 20.1 Å². The number of carbonyl (C=O) groups excluding carboxylic acids is 1. The molecule has 0 fully saturated rings. The van der Waals surface area contributed by atoms with E-state index >= 15 is 0 Å². The van der Waals surface area contributed by atoms with Gasteiger partial charge in [0.05, 0.1) is 5.52 Å². The Labute approximate surface area is 144 Å². The Kier molecular flexibility index (Phi) is 4.47. The first-order valence-corrected chi connectivity index (χ1v) is 7.98. The molecule has 128 valence electrons. The van der Waals surface area contributed by atoms with Crippen molar-refractivity contribution < 1.29 is 14.7 Å². The number of aromatic nitrogens is 3. The number of amides is 1. The summed E-state index contributed by atoms with van der Waals surface area (Å²) >= 11 is 0. The van der Waals surface area contributed by atoms with Crippen molar-refractivity contribution in [3.8, 4) is 11.1 Å². The molecule has 1 atom stereocenters. The van der Waals surface area contributed by atoms with E-state index in [0.717, 1.165) is 22.2 Å². The van der Waals surface area contributed by atoms with Crippen LogP contribution in [0.25, 0.3) is 22.0 Å². The molecule has 7 heteroatoms. The van der Waals surface area contributed by atoms with Crippen LogP contribution in [0.5, 0.6) is 0 Å². The molecule has 2 aromatic heterocycles. The summed E-state index contributed by atoms with van der Waals surface area (Å²) in [6, 6.07) is 8.45. The van der Waals surface area contributed by atoms with Crippen LogP contribution in [0.3, 0.4) is 0 Å². The van der Waals surface area contributed by atoms with E-state index in [2.05, 4.69) is 15.4 Å². The summed E-state index contributed by atoms with van der Waals surface area (Å²) in [6.07, 6.45) is 4.13. The molecule has 1 amide bonds. The first-order valence-electron chi connectivity index (χ1n) is 7.98. The smallest absolute Gasteiger partial charge is 0.357 e. The van der Waals surface area contributed by atoms with Crippen molar-refractivity contribution in [2.24, 2.45) is 0 Å². The maximum Gasteiger partial charge on any atom is 0.357 e. The molecule has 0 unspecified atom stereocenters. The van der Waals surface area contributed by atoms with E-state index in [-0.39, 0.29) is 11.7 Å². The standard InChI is InChI=1S/C18H18N4O3/c1-3-11(2)20-18(25)22-15-7-6-12(13-5-4-8-19-10-13)9-14(15)16(21-22)17(23)24/h4-11H,3H2,1-2H3,(H,20,25)(H,23,24)/t11-/m0/s1. The zero-order valence-corrected chi connectivity index (χ0v) is 13.9. The number of aromatic carboxylic acids is 1. The minimum Gasteiger partial charge on any atom is -0.476 e. The summed E-state index contributed by atoms with van der Waals surface area (Å²) in [5, 5.41) is 16.7. The van der Waals surface area contributed by atoms with Crippen molar-refractivity contribution in [2.75, 3.05) is 0 Å². The Morgan fingerprint density at radius 2 is 2.08 bits per heavy atom. The van der Waals surface area contributed by atoms with E-state index in [1.54, 1.807) is 30.6 Å². The van der Waals surface area contributed by atoms with Gasteiger partial charge in [0.25, 0.3) is 0 Å². The highest BCUT2D eigenvalue weighted by Gasteiger charge is 2.21. The molecule has 0 bridgehead atoms. The van der Waals surface area contributed by atoms with Gasteiger partial charge in [0.1, 0.15) is 0 Å². The second-order valence-corrected chi connectivity index (χ2v) is 5.80. The number of nitrogens with one attached hydrogen (secondary N) is 1. The molecule has 0 saturated heterocycles. The number of hydrogen-bond donors (Lipinski definition) is 2. The summed E-state index contributed by atoms with van der Waals surface area (Å²) in [5.74, 6) is -1.18. The van der Waals surface area contributed by atoms with Crippen LogP contribution in [0, 0.1) is 0 Å². The molecule has 7 nitrogen and oxygen atoms in total. The van der Waals surface area contributed by atoms with Crippen molar-refractivity contribution in [2.45, 2.75) is 26.3 Å². The molecule has 0 aliphatic rings. The third-order valence-electron chi connectivity index (χ3n) is 4.05. The van der Waals surface area contributed by atoms with Gasteiger partial charge in [0, 0.05) is 29.4 Å². The number of carbonyl (C=O) groups is 2. The molecule has 0 saturated carbocycles. The molecule has 0 aliphatic carbocycles. The quantitative estimate of drug-likeness (QED) is 0.761. The average molecular weight is 338 g/mol. The van der Waals surface area contributed by atoms with Gasteiger partial charge in [0.2, 0.25) is 0 Å². The SMILES string of the molecule is CC[C@H](C)NC(=O)n1nc(C(=O)O)c2cc(-c3cccnc3)ccc21.